The van der Waals surface area contributed by atoms with Crippen LogP contribution in [0.5, 0.6) is 0 Å². The molecule has 0 spiro atoms. The minimum atomic E-state index is 0.671. The maximum absolute atomic E-state index is 5.90. The fraction of sp³-hybridized carbons (Fsp3) is 0.538. The van der Waals surface area contributed by atoms with Gasteiger partial charge >= 0.3 is 0 Å². The number of aryl methyl sites for hydroxylation is 1. The highest BCUT2D eigenvalue weighted by Gasteiger charge is 2.16. The molecule has 0 unspecified atom stereocenters. The molecule has 1 aromatic carbocycles. The van der Waals surface area contributed by atoms with Gasteiger partial charge in [-0.2, -0.15) is 0 Å². The van der Waals surface area contributed by atoms with Crippen LogP contribution in [0.1, 0.15) is 36.8 Å². The zero-order valence-corrected chi connectivity index (χ0v) is 9.33. The minimum absolute atomic E-state index is 0.671. The molecule has 0 bridgehead atoms. The average molecular weight is 205 g/mol. The molecule has 0 radical (unpaired) electrons. The van der Waals surface area contributed by atoms with Crippen LogP contribution in [0.15, 0.2) is 18.2 Å². The third-order valence-electron chi connectivity index (χ3n) is 3.24. The van der Waals surface area contributed by atoms with E-state index in [0.717, 1.165) is 38.2 Å². The van der Waals surface area contributed by atoms with E-state index in [1.807, 2.05) is 6.07 Å². The molecule has 1 saturated heterocycles. The van der Waals surface area contributed by atoms with Crippen molar-refractivity contribution in [2.24, 2.45) is 0 Å². The topological polar surface area (TPSA) is 35.2 Å². The van der Waals surface area contributed by atoms with Gasteiger partial charge in [0.2, 0.25) is 0 Å². The van der Waals surface area contributed by atoms with Crippen LogP contribution in [0.2, 0.25) is 0 Å². The van der Waals surface area contributed by atoms with E-state index in [0.29, 0.717) is 5.92 Å². The molecular weight excluding hydrogens is 186 g/mol. The third-order valence-corrected chi connectivity index (χ3v) is 3.24. The van der Waals surface area contributed by atoms with Gasteiger partial charge in [0.05, 0.1) is 0 Å². The van der Waals surface area contributed by atoms with Crippen molar-refractivity contribution in [3.05, 3.63) is 29.3 Å². The largest absolute Gasteiger partial charge is 0.399 e. The maximum atomic E-state index is 5.90. The third kappa shape index (κ3) is 2.32. The second kappa shape index (κ2) is 4.67. The molecule has 2 rings (SSSR count). The zero-order chi connectivity index (χ0) is 10.7. The lowest BCUT2D eigenvalue weighted by Crippen LogP contribution is -2.14. The summed E-state index contributed by atoms with van der Waals surface area (Å²) in [5, 5.41) is 0. The SMILES string of the molecule is CCc1cc(C2CCOCC2)ccc1N. The molecule has 0 atom stereocenters. The highest BCUT2D eigenvalue weighted by Crippen LogP contribution is 2.29. The summed E-state index contributed by atoms with van der Waals surface area (Å²) in [6.45, 7) is 3.95. The van der Waals surface area contributed by atoms with E-state index in [1.165, 1.54) is 11.1 Å². The average Bonchev–Trinajstić information content (AvgIpc) is 2.31. The summed E-state index contributed by atoms with van der Waals surface area (Å²) in [7, 11) is 0. The van der Waals surface area contributed by atoms with Gasteiger partial charge in [0, 0.05) is 18.9 Å². The van der Waals surface area contributed by atoms with Gasteiger partial charge in [-0.15, -0.1) is 0 Å². The van der Waals surface area contributed by atoms with Gasteiger partial charge in [0.1, 0.15) is 0 Å². The van der Waals surface area contributed by atoms with E-state index in [9.17, 15) is 0 Å². The number of nitrogen functional groups attached to an aromatic ring is 1. The lowest BCUT2D eigenvalue weighted by molar-refractivity contribution is 0.0853. The van der Waals surface area contributed by atoms with Gasteiger partial charge in [0.25, 0.3) is 0 Å². The van der Waals surface area contributed by atoms with Crippen LogP contribution in [-0.4, -0.2) is 13.2 Å². The maximum Gasteiger partial charge on any atom is 0.0471 e. The van der Waals surface area contributed by atoms with Gasteiger partial charge in [-0.05, 0) is 42.4 Å². The van der Waals surface area contributed by atoms with Crippen LogP contribution in [0.25, 0.3) is 0 Å². The molecule has 1 fully saturated rings. The van der Waals surface area contributed by atoms with Crippen LogP contribution in [-0.2, 0) is 11.2 Å². The number of ether oxygens (including phenoxy) is 1. The number of benzene rings is 1. The molecular formula is C13H19NO. The van der Waals surface area contributed by atoms with E-state index in [1.54, 1.807) is 0 Å². The lowest BCUT2D eigenvalue weighted by atomic mass is 9.90. The Hall–Kier alpha value is -1.02. The molecule has 0 amide bonds. The Balaban J connectivity index is 2.20. The molecule has 82 valence electrons. The van der Waals surface area contributed by atoms with Crippen molar-refractivity contribution < 1.29 is 4.74 Å². The molecule has 2 N–H and O–H groups in total. The van der Waals surface area contributed by atoms with E-state index >= 15 is 0 Å². The Morgan fingerprint density at radius 3 is 2.73 bits per heavy atom. The fourth-order valence-corrected chi connectivity index (χ4v) is 2.22. The van der Waals surface area contributed by atoms with Crippen LogP contribution < -0.4 is 5.73 Å². The Morgan fingerprint density at radius 1 is 1.33 bits per heavy atom. The summed E-state index contributed by atoms with van der Waals surface area (Å²) in [6, 6.07) is 6.49. The molecule has 1 aliphatic heterocycles. The van der Waals surface area contributed by atoms with Gasteiger partial charge in [0.15, 0.2) is 0 Å². The van der Waals surface area contributed by atoms with Crippen molar-refractivity contribution >= 4 is 5.69 Å². The van der Waals surface area contributed by atoms with Crippen molar-refractivity contribution in [3.63, 3.8) is 0 Å². The molecule has 0 aliphatic carbocycles. The molecule has 2 heteroatoms. The van der Waals surface area contributed by atoms with Gasteiger partial charge in [-0.3, -0.25) is 0 Å². The normalized spacial score (nSPS) is 17.9. The fourth-order valence-electron chi connectivity index (χ4n) is 2.22. The molecule has 2 nitrogen and oxygen atoms in total. The first kappa shape index (κ1) is 10.5. The second-order valence-corrected chi connectivity index (χ2v) is 4.20. The number of hydrogen-bond donors (Lipinski definition) is 1. The summed E-state index contributed by atoms with van der Waals surface area (Å²) in [5.41, 5.74) is 9.54. The Bertz CT molecular complexity index is 329. The van der Waals surface area contributed by atoms with E-state index < -0.39 is 0 Å². The van der Waals surface area contributed by atoms with Crippen LogP contribution in [0, 0.1) is 0 Å². The van der Waals surface area contributed by atoms with Crippen LogP contribution >= 0.6 is 0 Å². The number of rotatable bonds is 2. The first-order valence-corrected chi connectivity index (χ1v) is 5.77. The first-order chi connectivity index (χ1) is 7.31. The molecule has 15 heavy (non-hydrogen) atoms. The quantitative estimate of drug-likeness (QED) is 0.753. The van der Waals surface area contributed by atoms with Gasteiger partial charge in [-0.1, -0.05) is 19.1 Å². The standard InChI is InChI=1S/C13H19NO/c1-2-10-9-12(3-4-13(10)14)11-5-7-15-8-6-11/h3-4,9,11H,2,5-8,14H2,1H3. The van der Waals surface area contributed by atoms with Gasteiger partial charge < -0.3 is 10.5 Å². The summed E-state index contributed by atoms with van der Waals surface area (Å²) in [4.78, 5) is 0. The number of nitrogens with two attached hydrogens (primary N) is 1. The summed E-state index contributed by atoms with van der Waals surface area (Å²) < 4.78 is 5.38. The van der Waals surface area contributed by atoms with E-state index in [-0.39, 0.29) is 0 Å². The zero-order valence-electron chi connectivity index (χ0n) is 9.33. The summed E-state index contributed by atoms with van der Waals surface area (Å²) >= 11 is 0. The Kier molecular flexibility index (Phi) is 3.27. The van der Waals surface area contributed by atoms with Crippen LogP contribution in [0.4, 0.5) is 5.69 Å². The highest BCUT2D eigenvalue weighted by molar-refractivity contribution is 5.49. The molecule has 0 aromatic heterocycles. The highest BCUT2D eigenvalue weighted by atomic mass is 16.5. The van der Waals surface area contributed by atoms with Crippen molar-refractivity contribution in [2.45, 2.75) is 32.1 Å². The van der Waals surface area contributed by atoms with Crippen molar-refractivity contribution in [3.8, 4) is 0 Å². The van der Waals surface area contributed by atoms with E-state index in [4.69, 9.17) is 10.5 Å². The van der Waals surface area contributed by atoms with Crippen molar-refractivity contribution in [1.29, 1.82) is 0 Å². The van der Waals surface area contributed by atoms with Crippen LogP contribution in [0.3, 0.4) is 0 Å². The summed E-state index contributed by atoms with van der Waals surface area (Å²) in [6.07, 6.45) is 3.31. The summed E-state index contributed by atoms with van der Waals surface area (Å²) in [5.74, 6) is 0.671. The predicted octanol–water partition coefficient (Wildman–Crippen LogP) is 2.73. The molecule has 1 heterocycles. The van der Waals surface area contributed by atoms with Crippen molar-refractivity contribution in [1.82, 2.24) is 0 Å². The predicted molar refractivity (Wildman–Crippen MR) is 63.0 cm³/mol. The molecule has 0 saturated carbocycles. The molecule has 1 aliphatic rings. The molecule has 1 aromatic rings. The lowest BCUT2D eigenvalue weighted by Gasteiger charge is -2.23. The van der Waals surface area contributed by atoms with Gasteiger partial charge in [-0.25, -0.2) is 0 Å². The second-order valence-electron chi connectivity index (χ2n) is 4.20. The minimum Gasteiger partial charge on any atom is -0.399 e. The monoisotopic (exact) mass is 205 g/mol. The number of hydrogen-bond acceptors (Lipinski definition) is 2. The Morgan fingerprint density at radius 2 is 2.07 bits per heavy atom. The Labute approximate surface area is 91.4 Å². The van der Waals surface area contributed by atoms with Crippen molar-refractivity contribution in [2.75, 3.05) is 18.9 Å². The first-order valence-electron chi connectivity index (χ1n) is 5.77. The smallest absolute Gasteiger partial charge is 0.0471 e. The number of anilines is 1. The van der Waals surface area contributed by atoms with E-state index in [2.05, 4.69) is 19.1 Å².